The molecule has 6 aliphatic rings. The number of hydrogen-bond acceptors (Lipinski definition) is 5. The van der Waals surface area contributed by atoms with E-state index in [4.69, 9.17) is 18.9 Å². The van der Waals surface area contributed by atoms with Crippen LogP contribution in [0, 0.1) is 34.5 Å². The molecule has 0 aromatic rings. The second kappa shape index (κ2) is 6.16. The van der Waals surface area contributed by atoms with Crippen LogP contribution < -0.4 is 0 Å². The third-order valence-electron chi connectivity index (χ3n) is 10.3. The van der Waals surface area contributed by atoms with E-state index in [1.54, 1.807) is 0 Å². The van der Waals surface area contributed by atoms with Crippen LogP contribution in [0.1, 0.15) is 58.8 Å². The van der Waals surface area contributed by atoms with Crippen molar-refractivity contribution in [2.24, 2.45) is 34.5 Å². The summed E-state index contributed by atoms with van der Waals surface area (Å²) in [6, 6.07) is 0. The lowest BCUT2D eigenvalue weighted by Gasteiger charge is -2.63. The lowest BCUT2D eigenvalue weighted by atomic mass is 9.44. The van der Waals surface area contributed by atoms with Crippen molar-refractivity contribution in [1.29, 1.82) is 0 Å². The summed E-state index contributed by atoms with van der Waals surface area (Å²) in [5, 5.41) is 11.3. The highest BCUT2D eigenvalue weighted by atomic mass is 19.1. The zero-order chi connectivity index (χ0) is 20.1. The SMILES string of the molecule is C[C@]12CCC3(CC1[C@@H](O)CC1C2CC[C@@]2(C)C1C[C@@H](F)C21OCCO1)OCCO3. The van der Waals surface area contributed by atoms with Gasteiger partial charge in [-0.25, -0.2) is 4.39 Å². The van der Waals surface area contributed by atoms with Gasteiger partial charge >= 0.3 is 0 Å². The molecule has 0 amide bonds. The van der Waals surface area contributed by atoms with E-state index in [1.165, 1.54) is 0 Å². The molecule has 8 atom stereocenters. The first-order chi connectivity index (χ1) is 13.8. The number of aliphatic hydroxyl groups excluding tert-OH is 1. The van der Waals surface area contributed by atoms with Crippen molar-refractivity contribution in [3.05, 3.63) is 0 Å². The van der Waals surface area contributed by atoms with Crippen molar-refractivity contribution >= 4 is 0 Å². The minimum Gasteiger partial charge on any atom is -0.393 e. The Hall–Kier alpha value is -0.270. The molecule has 0 radical (unpaired) electrons. The van der Waals surface area contributed by atoms with Gasteiger partial charge in [0.25, 0.3) is 0 Å². The van der Waals surface area contributed by atoms with Gasteiger partial charge in [-0.05, 0) is 61.2 Å². The molecule has 6 heteroatoms. The lowest BCUT2D eigenvalue weighted by molar-refractivity contribution is -0.278. The number of ether oxygens (including phenoxy) is 4. The number of aliphatic hydroxyl groups is 1. The molecule has 29 heavy (non-hydrogen) atoms. The second-order valence-corrected chi connectivity index (χ2v) is 11.1. The fourth-order valence-electron chi connectivity index (χ4n) is 8.85. The molecule has 2 aliphatic heterocycles. The number of halogens is 1. The summed E-state index contributed by atoms with van der Waals surface area (Å²) in [7, 11) is 0. The van der Waals surface area contributed by atoms with Crippen LogP contribution in [-0.2, 0) is 18.9 Å². The van der Waals surface area contributed by atoms with E-state index in [-0.39, 0.29) is 28.8 Å². The van der Waals surface area contributed by atoms with Crippen molar-refractivity contribution in [3.8, 4) is 0 Å². The molecular weight excluding hydrogens is 375 g/mol. The van der Waals surface area contributed by atoms with Crippen LogP contribution >= 0.6 is 0 Å². The molecule has 0 aromatic carbocycles. The molecule has 4 aliphatic carbocycles. The Balaban J connectivity index is 1.32. The topological polar surface area (TPSA) is 57.2 Å². The highest BCUT2D eigenvalue weighted by Crippen LogP contribution is 2.70. The van der Waals surface area contributed by atoms with Crippen LogP contribution in [-0.4, -0.2) is 55.4 Å². The number of fused-ring (bicyclic) bond motifs is 6. The maximum absolute atomic E-state index is 15.4. The molecule has 2 saturated heterocycles. The summed E-state index contributed by atoms with van der Waals surface area (Å²) in [5.74, 6) is -0.305. The zero-order valence-electron chi connectivity index (χ0n) is 17.7. The fraction of sp³-hybridized carbons (Fsp3) is 1.00. The van der Waals surface area contributed by atoms with E-state index in [0.717, 1.165) is 38.5 Å². The first-order valence-corrected chi connectivity index (χ1v) is 11.7. The fourth-order valence-corrected chi connectivity index (χ4v) is 8.85. The normalized spacial score (nSPS) is 55.0. The van der Waals surface area contributed by atoms with Gasteiger partial charge in [0.2, 0.25) is 5.79 Å². The van der Waals surface area contributed by atoms with Crippen molar-refractivity contribution < 1.29 is 28.4 Å². The molecule has 4 saturated carbocycles. The Morgan fingerprint density at radius 1 is 0.828 bits per heavy atom. The van der Waals surface area contributed by atoms with Crippen molar-refractivity contribution in [3.63, 3.8) is 0 Å². The highest BCUT2D eigenvalue weighted by molar-refractivity contribution is 5.17. The summed E-state index contributed by atoms with van der Waals surface area (Å²) >= 11 is 0. The van der Waals surface area contributed by atoms with Gasteiger partial charge in [-0.3, -0.25) is 0 Å². The smallest absolute Gasteiger partial charge is 0.205 e. The van der Waals surface area contributed by atoms with Gasteiger partial charge in [-0.15, -0.1) is 0 Å². The molecule has 6 fully saturated rings. The molecule has 2 spiro atoms. The van der Waals surface area contributed by atoms with Gasteiger partial charge < -0.3 is 24.1 Å². The summed E-state index contributed by atoms with van der Waals surface area (Å²) in [6.45, 7) is 6.86. The first kappa shape index (κ1) is 19.4. The van der Waals surface area contributed by atoms with Gasteiger partial charge in [-0.1, -0.05) is 13.8 Å². The predicted octanol–water partition coefficient (Wildman–Crippen LogP) is 3.43. The van der Waals surface area contributed by atoms with Gasteiger partial charge in [0.1, 0.15) is 0 Å². The number of alkyl halides is 1. The van der Waals surface area contributed by atoms with E-state index in [1.807, 2.05) is 0 Å². The van der Waals surface area contributed by atoms with E-state index in [2.05, 4.69) is 13.8 Å². The van der Waals surface area contributed by atoms with Crippen LogP contribution in [0.2, 0.25) is 0 Å². The first-order valence-electron chi connectivity index (χ1n) is 11.7. The Morgan fingerprint density at radius 3 is 2.24 bits per heavy atom. The van der Waals surface area contributed by atoms with E-state index < -0.39 is 17.7 Å². The average Bonchev–Trinajstić information content (AvgIpc) is 3.41. The Kier molecular flexibility index (Phi) is 4.12. The summed E-state index contributed by atoms with van der Waals surface area (Å²) in [6.07, 6.45) is 4.51. The molecule has 6 rings (SSSR count). The van der Waals surface area contributed by atoms with Gasteiger partial charge in [-0.2, -0.15) is 0 Å². The lowest BCUT2D eigenvalue weighted by Crippen LogP contribution is -2.62. The van der Waals surface area contributed by atoms with Gasteiger partial charge in [0.15, 0.2) is 12.0 Å². The second-order valence-electron chi connectivity index (χ2n) is 11.1. The van der Waals surface area contributed by atoms with Gasteiger partial charge in [0.05, 0.1) is 32.5 Å². The zero-order valence-corrected chi connectivity index (χ0v) is 17.7. The van der Waals surface area contributed by atoms with Gasteiger partial charge in [0, 0.05) is 18.3 Å². The monoisotopic (exact) mass is 410 g/mol. The molecule has 5 nitrogen and oxygen atoms in total. The van der Waals surface area contributed by atoms with Crippen LogP contribution in [0.15, 0.2) is 0 Å². The van der Waals surface area contributed by atoms with E-state index in [0.29, 0.717) is 44.7 Å². The molecular formula is C23H35FO5. The van der Waals surface area contributed by atoms with E-state index in [9.17, 15) is 5.11 Å². The minimum absolute atomic E-state index is 0.0587. The third-order valence-corrected chi connectivity index (χ3v) is 10.3. The molecule has 1 N–H and O–H groups in total. The van der Waals surface area contributed by atoms with Crippen molar-refractivity contribution in [2.45, 2.75) is 82.6 Å². The van der Waals surface area contributed by atoms with Crippen molar-refractivity contribution in [2.75, 3.05) is 26.4 Å². The molecule has 0 bridgehead atoms. The molecule has 2 heterocycles. The summed E-state index contributed by atoms with van der Waals surface area (Å²) in [4.78, 5) is 0. The molecule has 0 aromatic heterocycles. The van der Waals surface area contributed by atoms with Crippen molar-refractivity contribution in [1.82, 2.24) is 0 Å². The van der Waals surface area contributed by atoms with Crippen LogP contribution in [0.5, 0.6) is 0 Å². The maximum atomic E-state index is 15.4. The Bertz CT molecular complexity index is 674. The van der Waals surface area contributed by atoms with Crippen LogP contribution in [0.25, 0.3) is 0 Å². The standard InChI is InChI=1S/C23H35FO5/c1-20-5-6-22(26-7-8-27-22)13-17(20)18(25)11-14-15(20)3-4-21(2)16(14)12-19(24)23(21)28-9-10-29-23/h14-19,25H,3-13H2,1-2H3/t14?,15?,16?,17?,18-,19+,20+,21-/m0/s1. The number of hydrogen-bond donors (Lipinski definition) is 1. The quantitative estimate of drug-likeness (QED) is 0.663. The predicted molar refractivity (Wildman–Crippen MR) is 103 cm³/mol. The largest absolute Gasteiger partial charge is 0.393 e. The van der Waals surface area contributed by atoms with Crippen LogP contribution in [0.4, 0.5) is 4.39 Å². The summed E-state index contributed by atoms with van der Waals surface area (Å²) < 4.78 is 39.4. The average molecular weight is 411 g/mol. The third kappa shape index (κ3) is 2.33. The molecule has 4 unspecified atom stereocenters. The summed E-state index contributed by atoms with van der Waals surface area (Å²) in [5.41, 5.74) is -0.246. The van der Waals surface area contributed by atoms with Crippen LogP contribution in [0.3, 0.4) is 0 Å². The maximum Gasteiger partial charge on any atom is 0.205 e. The molecule has 164 valence electrons. The number of rotatable bonds is 0. The Morgan fingerprint density at radius 2 is 1.52 bits per heavy atom. The minimum atomic E-state index is -1.07. The highest BCUT2D eigenvalue weighted by Gasteiger charge is 2.72. The Labute approximate surface area is 172 Å². The van der Waals surface area contributed by atoms with E-state index >= 15 is 4.39 Å².